The summed E-state index contributed by atoms with van der Waals surface area (Å²) in [5, 5.41) is 13.6. The lowest BCUT2D eigenvalue weighted by Crippen LogP contribution is -2.52. The zero-order chi connectivity index (χ0) is 25.5. The van der Waals surface area contributed by atoms with E-state index in [4.69, 9.17) is 16.3 Å². The molecule has 3 N–H and O–H groups in total. The highest BCUT2D eigenvalue weighted by molar-refractivity contribution is 6.30. The van der Waals surface area contributed by atoms with E-state index in [-0.39, 0.29) is 30.4 Å². The topological polar surface area (TPSA) is 113 Å². The second-order valence-corrected chi connectivity index (χ2v) is 9.20. The Morgan fingerprint density at radius 2 is 1.97 bits per heavy atom. The van der Waals surface area contributed by atoms with Gasteiger partial charge >= 0.3 is 6.03 Å². The van der Waals surface area contributed by atoms with Crippen LogP contribution in [0.25, 0.3) is 0 Å². The van der Waals surface area contributed by atoms with Gasteiger partial charge in [0.05, 0.1) is 26.0 Å². The number of amides is 3. The predicted molar refractivity (Wildman–Crippen MR) is 137 cm³/mol. The molecule has 190 valence electrons. The number of pyridine rings is 1. The van der Waals surface area contributed by atoms with E-state index in [0.29, 0.717) is 42.5 Å². The van der Waals surface area contributed by atoms with Gasteiger partial charge in [0.1, 0.15) is 5.75 Å². The Balaban J connectivity index is 1.39. The van der Waals surface area contributed by atoms with Gasteiger partial charge in [-0.3, -0.25) is 19.4 Å². The van der Waals surface area contributed by atoms with Crippen molar-refractivity contribution < 1.29 is 14.3 Å². The van der Waals surface area contributed by atoms with Crippen molar-refractivity contribution in [3.63, 3.8) is 0 Å². The lowest BCUT2D eigenvalue weighted by molar-refractivity contribution is -0.122. The minimum atomic E-state index is -0.302. The molecule has 3 aromatic rings. The van der Waals surface area contributed by atoms with Crippen molar-refractivity contribution >= 4 is 29.2 Å². The molecule has 36 heavy (non-hydrogen) atoms. The molecule has 10 nitrogen and oxygen atoms in total. The van der Waals surface area contributed by atoms with Crippen molar-refractivity contribution in [3.05, 3.63) is 71.3 Å². The zero-order valence-corrected chi connectivity index (χ0v) is 21.0. The Kier molecular flexibility index (Phi) is 8.40. The van der Waals surface area contributed by atoms with E-state index in [1.807, 2.05) is 25.4 Å². The molecule has 3 amide bonds. The quantitative estimate of drug-likeness (QED) is 0.428. The number of ether oxygens (including phenoxy) is 1. The van der Waals surface area contributed by atoms with Gasteiger partial charge in [0.2, 0.25) is 5.91 Å². The van der Waals surface area contributed by atoms with Crippen LogP contribution in [-0.2, 0) is 18.4 Å². The fraction of sp³-hybridized carbons (Fsp3) is 0.360. The maximum atomic E-state index is 12.7. The molecule has 0 bridgehead atoms. The summed E-state index contributed by atoms with van der Waals surface area (Å²) in [5.41, 5.74) is 2.42. The molecule has 3 heterocycles. The van der Waals surface area contributed by atoms with Crippen molar-refractivity contribution in [1.29, 1.82) is 0 Å². The number of benzene rings is 1. The lowest BCUT2D eigenvalue weighted by Gasteiger charge is -2.38. The Labute approximate surface area is 215 Å². The molecule has 0 saturated carbocycles. The number of piperidine rings is 1. The van der Waals surface area contributed by atoms with Crippen LogP contribution >= 0.6 is 11.6 Å². The molecule has 0 spiro atoms. The third-order valence-electron chi connectivity index (χ3n) is 6.11. The molecule has 1 aromatic carbocycles. The summed E-state index contributed by atoms with van der Waals surface area (Å²) < 4.78 is 6.94. The van der Waals surface area contributed by atoms with Gasteiger partial charge in [-0.1, -0.05) is 11.6 Å². The molecular formula is C25H30ClN7O3. The molecule has 11 heteroatoms. The van der Waals surface area contributed by atoms with Gasteiger partial charge in [0.15, 0.2) is 0 Å². The van der Waals surface area contributed by atoms with Crippen LogP contribution in [0.1, 0.15) is 23.6 Å². The molecule has 1 saturated heterocycles. The zero-order valence-electron chi connectivity index (χ0n) is 20.3. The molecule has 1 aliphatic rings. The maximum absolute atomic E-state index is 12.7. The van der Waals surface area contributed by atoms with Crippen molar-refractivity contribution in [2.45, 2.75) is 24.9 Å². The first-order valence-electron chi connectivity index (χ1n) is 11.7. The number of nitrogens with zero attached hydrogens (tertiary/aromatic N) is 4. The predicted octanol–water partition coefficient (Wildman–Crippen LogP) is 2.77. The van der Waals surface area contributed by atoms with Gasteiger partial charge in [-0.25, -0.2) is 4.79 Å². The van der Waals surface area contributed by atoms with Crippen LogP contribution in [0.15, 0.2) is 55.0 Å². The summed E-state index contributed by atoms with van der Waals surface area (Å²) in [6, 6.07) is 10.2. The largest absolute Gasteiger partial charge is 0.495 e. The highest BCUT2D eigenvalue weighted by Gasteiger charge is 2.33. The second-order valence-electron chi connectivity index (χ2n) is 8.76. The summed E-state index contributed by atoms with van der Waals surface area (Å²) in [4.78, 5) is 32.0. The molecule has 1 aliphatic heterocycles. The molecule has 0 unspecified atom stereocenters. The molecule has 0 aliphatic carbocycles. The highest BCUT2D eigenvalue weighted by Crippen LogP contribution is 2.27. The van der Waals surface area contributed by atoms with E-state index in [2.05, 4.69) is 30.9 Å². The number of aryl methyl sites for hydroxylation is 1. The van der Waals surface area contributed by atoms with E-state index >= 15 is 0 Å². The molecular weight excluding hydrogens is 482 g/mol. The Morgan fingerprint density at radius 1 is 1.17 bits per heavy atom. The summed E-state index contributed by atoms with van der Waals surface area (Å²) in [6.45, 7) is 1.93. The third kappa shape index (κ3) is 6.96. The fourth-order valence-electron chi connectivity index (χ4n) is 4.26. The fourth-order valence-corrected chi connectivity index (χ4v) is 4.38. The van der Waals surface area contributed by atoms with Crippen LogP contribution < -0.4 is 20.7 Å². The number of halogens is 1. The number of urea groups is 1. The van der Waals surface area contributed by atoms with Gasteiger partial charge in [0, 0.05) is 66.8 Å². The van der Waals surface area contributed by atoms with Crippen LogP contribution in [0.2, 0.25) is 5.02 Å². The number of carbonyl (C=O) groups is 2. The Hall–Kier alpha value is -3.63. The van der Waals surface area contributed by atoms with Gasteiger partial charge in [0.25, 0.3) is 0 Å². The molecule has 4 rings (SSSR count). The summed E-state index contributed by atoms with van der Waals surface area (Å²) in [7, 11) is 3.43. The van der Waals surface area contributed by atoms with E-state index in [9.17, 15) is 9.59 Å². The normalized spacial score (nSPS) is 17.9. The number of carbonyl (C=O) groups excluding carboxylic acids is 2. The Bertz CT molecular complexity index is 1170. The van der Waals surface area contributed by atoms with Crippen molar-refractivity contribution in [2.75, 3.05) is 32.1 Å². The molecule has 0 radical (unpaired) electrons. The molecule has 2 atom stereocenters. The monoisotopic (exact) mass is 511 g/mol. The first-order valence-corrected chi connectivity index (χ1v) is 12.1. The first kappa shape index (κ1) is 25.5. The van der Waals surface area contributed by atoms with E-state index in [1.54, 1.807) is 48.5 Å². The van der Waals surface area contributed by atoms with Crippen LogP contribution in [0.4, 0.5) is 10.5 Å². The number of hydrogen-bond acceptors (Lipinski definition) is 6. The smallest absolute Gasteiger partial charge is 0.319 e. The SMILES string of the molecule is COc1ccc([C@@H]2CN(CC(=O)NCc3cnn(C)c3)CC[C@H]2NC(=O)Nc2ccc(Cl)cc2)nc1. The van der Waals surface area contributed by atoms with Crippen molar-refractivity contribution in [2.24, 2.45) is 7.05 Å². The van der Waals surface area contributed by atoms with Gasteiger partial charge in [-0.05, 0) is 42.8 Å². The maximum Gasteiger partial charge on any atom is 0.319 e. The summed E-state index contributed by atoms with van der Waals surface area (Å²) >= 11 is 5.93. The number of nitrogens with one attached hydrogen (secondary N) is 3. The lowest BCUT2D eigenvalue weighted by atomic mass is 9.88. The number of methoxy groups -OCH3 is 1. The number of hydrogen-bond donors (Lipinski definition) is 3. The van der Waals surface area contributed by atoms with E-state index in [0.717, 1.165) is 11.3 Å². The van der Waals surface area contributed by atoms with Crippen LogP contribution in [0, 0.1) is 0 Å². The summed E-state index contributed by atoms with van der Waals surface area (Å²) in [6.07, 6.45) is 5.94. The molecule has 1 fully saturated rings. The molecule has 2 aromatic heterocycles. The second kappa shape index (κ2) is 11.9. The standard InChI is InChI=1S/C25H30ClN7O3/c1-32-14-17(12-29-32)11-28-24(34)16-33-10-9-23(21(15-33)22-8-7-20(36-2)13-27-22)31-25(35)30-19-5-3-18(26)4-6-19/h3-8,12-14,21,23H,9-11,15-16H2,1-2H3,(H,28,34)(H2,30,31,35)/t21-,23+/m0/s1. The van der Waals surface area contributed by atoms with E-state index in [1.165, 1.54) is 0 Å². The highest BCUT2D eigenvalue weighted by atomic mass is 35.5. The van der Waals surface area contributed by atoms with Gasteiger partial charge in [-0.2, -0.15) is 5.10 Å². The van der Waals surface area contributed by atoms with Crippen LogP contribution in [0.3, 0.4) is 0 Å². The van der Waals surface area contributed by atoms with Crippen molar-refractivity contribution in [1.82, 2.24) is 30.3 Å². The summed E-state index contributed by atoms with van der Waals surface area (Å²) in [5.74, 6) is 0.491. The number of anilines is 1. The average molecular weight is 512 g/mol. The third-order valence-corrected chi connectivity index (χ3v) is 6.36. The minimum absolute atomic E-state index is 0.0628. The van der Waals surface area contributed by atoms with Crippen LogP contribution in [-0.4, -0.2) is 64.4 Å². The first-order chi connectivity index (χ1) is 17.4. The number of rotatable bonds is 8. The van der Waals surface area contributed by atoms with Crippen LogP contribution in [0.5, 0.6) is 5.75 Å². The number of likely N-dealkylation sites (tertiary alicyclic amines) is 1. The number of aromatic nitrogens is 3. The average Bonchev–Trinajstić information content (AvgIpc) is 3.30. The van der Waals surface area contributed by atoms with Crippen molar-refractivity contribution in [3.8, 4) is 5.75 Å². The Morgan fingerprint density at radius 3 is 2.64 bits per heavy atom. The van der Waals surface area contributed by atoms with Gasteiger partial charge < -0.3 is 20.7 Å². The minimum Gasteiger partial charge on any atom is -0.495 e. The van der Waals surface area contributed by atoms with E-state index < -0.39 is 0 Å². The van der Waals surface area contributed by atoms with Gasteiger partial charge in [-0.15, -0.1) is 0 Å².